The number of carbonyl (C=O) groups excluding carboxylic acids is 4. The molecule has 0 aromatic carbocycles. The number of aliphatic carboxylic acids is 1. The molecule has 0 unspecified atom stereocenters. The fourth-order valence-electron chi connectivity index (χ4n) is 11.2. The molecule has 2 aliphatic heterocycles. The predicted octanol–water partition coefficient (Wildman–Crippen LogP) is 4.38. The fourth-order valence-corrected chi connectivity index (χ4v) is 11.2. The van der Waals surface area contributed by atoms with Gasteiger partial charge < -0.3 is 71.4 Å². The van der Waals surface area contributed by atoms with E-state index >= 15 is 0 Å². The van der Waals surface area contributed by atoms with Crippen molar-refractivity contribution < 1.29 is 48.4 Å². The minimum atomic E-state index is -0.848. The molecule has 28 heteroatoms. The van der Waals surface area contributed by atoms with Gasteiger partial charge in [0.2, 0.25) is 41.5 Å². The maximum atomic E-state index is 13.4. The molecule has 5 heterocycles. The van der Waals surface area contributed by atoms with Crippen molar-refractivity contribution in [3.05, 3.63) is 23.8 Å². The molecule has 0 radical (unpaired) electrons. The second-order valence-electron chi connectivity index (χ2n) is 23.8. The first-order valence-corrected chi connectivity index (χ1v) is 34.3. The number of anilines is 3. The summed E-state index contributed by atoms with van der Waals surface area (Å²) >= 11 is 0. The van der Waals surface area contributed by atoms with Gasteiger partial charge in [-0.25, -0.2) is 9.36 Å². The van der Waals surface area contributed by atoms with Crippen molar-refractivity contribution in [3.8, 4) is 12.3 Å². The van der Waals surface area contributed by atoms with Crippen molar-refractivity contribution in [1.29, 1.82) is 0 Å². The molecule has 92 heavy (non-hydrogen) atoms. The van der Waals surface area contributed by atoms with E-state index in [4.69, 9.17) is 52.2 Å². The van der Waals surface area contributed by atoms with E-state index in [1.54, 1.807) is 21.8 Å². The summed E-state index contributed by atoms with van der Waals surface area (Å²) in [6.45, 7) is 9.81. The lowest BCUT2D eigenvalue weighted by atomic mass is 10.1. The van der Waals surface area contributed by atoms with E-state index in [0.717, 1.165) is 128 Å². The van der Waals surface area contributed by atoms with Gasteiger partial charge in [-0.3, -0.25) is 24.0 Å². The number of aliphatic hydroxyl groups is 1. The number of piperazine rings is 2. The maximum Gasteiger partial charge on any atom is 0.303 e. The third kappa shape index (κ3) is 30.9. The number of nitrogens with zero attached hydrogens (tertiary/aromatic N) is 13. The SMILES string of the molecule is C#CCOCCOCCOCCNc1nc(N2CCN(C(=O)CCCCCCCCCCNC(=O)[C@H](CCCCN)n3cc(CCO)nn3)CC2)nc(N2CCN(C(=O)CCCCCCCCCCNC(=O)[C@H](CCCCN)n3cc(CCCC(=O)O)nn3)CC2)n1. The van der Waals surface area contributed by atoms with Crippen molar-refractivity contribution >= 4 is 47.4 Å². The molecule has 2 atom stereocenters. The first-order valence-electron chi connectivity index (χ1n) is 34.3. The number of hydrogen-bond donors (Lipinski definition) is 7. The summed E-state index contributed by atoms with van der Waals surface area (Å²) in [4.78, 5) is 86.8. The highest BCUT2D eigenvalue weighted by atomic mass is 16.5. The third-order valence-electron chi connectivity index (χ3n) is 16.5. The van der Waals surface area contributed by atoms with Crippen LogP contribution >= 0.6 is 0 Å². The van der Waals surface area contributed by atoms with Crippen LogP contribution in [0.2, 0.25) is 0 Å². The molecule has 3 aromatic heterocycles. The largest absolute Gasteiger partial charge is 0.481 e. The molecule has 3 aromatic rings. The first-order chi connectivity index (χ1) is 45.0. The van der Waals surface area contributed by atoms with E-state index in [2.05, 4.69) is 52.3 Å². The number of ether oxygens (including phenoxy) is 3. The Kier molecular flexibility index (Phi) is 39.1. The molecule has 5 rings (SSSR count). The number of carbonyl (C=O) groups is 5. The Bertz CT molecular complexity index is 2550. The Labute approximate surface area is 545 Å². The molecule has 0 spiro atoms. The number of rotatable bonds is 53. The number of hydrogen-bond acceptors (Lipinski definition) is 21. The van der Waals surface area contributed by atoms with Crippen molar-refractivity contribution in [3.63, 3.8) is 0 Å². The normalized spacial score (nSPS) is 14.1. The lowest BCUT2D eigenvalue weighted by molar-refractivity contribution is -0.137. The third-order valence-corrected chi connectivity index (χ3v) is 16.5. The zero-order valence-electron chi connectivity index (χ0n) is 55.0. The summed E-state index contributed by atoms with van der Waals surface area (Å²) in [7, 11) is 0. The number of aromatic nitrogens is 9. The number of terminal acetylenes is 1. The molecule has 28 nitrogen and oxygen atoms in total. The van der Waals surface area contributed by atoms with E-state index in [1.807, 2.05) is 9.80 Å². The minimum Gasteiger partial charge on any atom is -0.481 e. The number of carboxylic acids is 1. The maximum absolute atomic E-state index is 13.4. The monoisotopic (exact) mass is 1290 g/mol. The fraction of sp³-hybridized carbons (Fsp3) is 0.781. The van der Waals surface area contributed by atoms with Gasteiger partial charge >= 0.3 is 5.97 Å². The quantitative estimate of drug-likeness (QED) is 0.0304. The lowest BCUT2D eigenvalue weighted by Crippen LogP contribution is -2.50. The first kappa shape index (κ1) is 76.1. The Balaban J connectivity index is 0.957. The van der Waals surface area contributed by atoms with E-state index in [9.17, 15) is 29.1 Å². The van der Waals surface area contributed by atoms with Crippen LogP contribution in [-0.2, 0) is 51.0 Å². The Morgan fingerprint density at radius 3 is 1.40 bits per heavy atom. The van der Waals surface area contributed by atoms with Gasteiger partial charge in [0.05, 0.1) is 44.4 Å². The minimum absolute atomic E-state index is 0.0198. The van der Waals surface area contributed by atoms with Crippen LogP contribution in [0, 0.1) is 12.3 Å². The molecule has 9 N–H and O–H groups in total. The molecule has 0 bridgehead atoms. The number of aryl methyl sites for hydroxylation is 1. The van der Waals surface area contributed by atoms with Crippen LogP contribution in [0.3, 0.4) is 0 Å². The van der Waals surface area contributed by atoms with Crippen LogP contribution in [0.15, 0.2) is 12.4 Å². The zero-order chi connectivity index (χ0) is 65.6. The molecule has 0 aliphatic carbocycles. The molecule has 2 fully saturated rings. The van der Waals surface area contributed by atoms with E-state index in [0.29, 0.717) is 192 Å². The number of amides is 4. The van der Waals surface area contributed by atoms with Crippen molar-refractivity contribution in [1.82, 2.24) is 65.4 Å². The van der Waals surface area contributed by atoms with Gasteiger partial charge in [0.15, 0.2) is 0 Å². The summed E-state index contributed by atoms with van der Waals surface area (Å²) in [5, 5.41) is 44.3. The van der Waals surface area contributed by atoms with Gasteiger partial charge in [0, 0.05) is 117 Å². The number of nitrogens with two attached hydrogens (primary N) is 2. The van der Waals surface area contributed by atoms with E-state index in [1.165, 1.54) is 0 Å². The topological polar surface area (TPSA) is 355 Å². The van der Waals surface area contributed by atoms with Crippen molar-refractivity contribution in [2.24, 2.45) is 11.5 Å². The molecular weight excluding hydrogens is 1180 g/mol. The van der Waals surface area contributed by atoms with Crippen molar-refractivity contribution in [2.45, 2.75) is 192 Å². The summed E-state index contributed by atoms with van der Waals surface area (Å²) in [6.07, 6.45) is 32.0. The van der Waals surface area contributed by atoms with Crippen LogP contribution in [0.25, 0.3) is 0 Å². The summed E-state index contributed by atoms with van der Waals surface area (Å²) in [6, 6.07) is -0.930. The van der Waals surface area contributed by atoms with Crippen LogP contribution in [-0.4, -0.2) is 226 Å². The zero-order valence-corrected chi connectivity index (χ0v) is 55.0. The molecule has 2 saturated heterocycles. The Morgan fingerprint density at radius 1 is 0.522 bits per heavy atom. The van der Waals surface area contributed by atoms with Crippen LogP contribution in [0.1, 0.15) is 190 Å². The average Bonchev–Trinajstić information content (AvgIpc) is 1.19. The lowest BCUT2D eigenvalue weighted by Gasteiger charge is -2.36. The Hall–Kier alpha value is -6.64. The Morgan fingerprint density at radius 2 is 0.957 bits per heavy atom. The smallest absolute Gasteiger partial charge is 0.303 e. The summed E-state index contributed by atoms with van der Waals surface area (Å²) < 4.78 is 19.8. The van der Waals surface area contributed by atoms with Crippen molar-refractivity contribution in [2.75, 3.05) is 146 Å². The van der Waals surface area contributed by atoms with E-state index < -0.39 is 18.1 Å². The highest BCUT2D eigenvalue weighted by Gasteiger charge is 2.28. The molecule has 2 aliphatic rings. The predicted molar refractivity (Wildman–Crippen MR) is 352 cm³/mol. The number of aliphatic hydroxyl groups excluding tert-OH is 1. The molecule has 4 amide bonds. The summed E-state index contributed by atoms with van der Waals surface area (Å²) in [5.74, 6) is 3.30. The van der Waals surface area contributed by atoms with Gasteiger partial charge in [0.1, 0.15) is 18.7 Å². The van der Waals surface area contributed by atoms with Gasteiger partial charge in [-0.05, 0) is 90.1 Å². The van der Waals surface area contributed by atoms with E-state index in [-0.39, 0.29) is 43.3 Å². The molecule has 0 saturated carbocycles. The number of carboxylic acid groups (broad SMARTS) is 1. The van der Waals surface area contributed by atoms with Gasteiger partial charge in [-0.1, -0.05) is 93.4 Å². The van der Waals surface area contributed by atoms with Crippen LogP contribution in [0.4, 0.5) is 17.8 Å². The van der Waals surface area contributed by atoms with Gasteiger partial charge in [-0.15, -0.1) is 16.6 Å². The second kappa shape index (κ2) is 47.3. The molecule has 516 valence electrons. The number of unbranched alkanes of at least 4 members (excludes halogenated alkanes) is 16. The van der Waals surface area contributed by atoms with Gasteiger partial charge in [-0.2, -0.15) is 15.0 Å². The van der Waals surface area contributed by atoms with Crippen LogP contribution < -0.4 is 37.2 Å². The van der Waals surface area contributed by atoms with Gasteiger partial charge in [0.25, 0.3) is 0 Å². The standard InChI is InChI=1S/C64H110N18O10/c1-2-45-90-47-49-92-50-48-91-46-35-69-62-70-63(79-40-36-77(37-41-79)57(84)27-15-11-7-3-5-9-13-21-33-67-60(88)55(25-17-19-31-65)81-51-53(73-75-81)24-23-29-59(86)87)72-64(71-62)80-42-38-78(39-43-80)58(85)28-16-12-8-4-6-10-14-22-34-68-61(89)56(26-18-20-32-66)82-52-54(30-44-83)74-76-82/h1,51-52,55-56,83H,3-50,65-66H2,(H,67,88)(H,68,89)(H,86,87)(H,69,70,71,72)/t55-,56-/m0/s1. The second-order valence-corrected chi connectivity index (χ2v) is 23.8. The number of nitrogens with one attached hydrogen (secondary N) is 3. The highest BCUT2D eigenvalue weighted by molar-refractivity contribution is 5.80. The average molecular weight is 1290 g/mol. The highest BCUT2D eigenvalue weighted by Crippen LogP contribution is 2.23. The summed E-state index contributed by atoms with van der Waals surface area (Å²) in [5.41, 5.74) is 12.7. The van der Waals surface area contributed by atoms with Crippen LogP contribution in [0.5, 0.6) is 0 Å². The molecular formula is C64H110N18O10.